The Hall–Kier alpha value is -1.23. The zero-order valence-corrected chi connectivity index (χ0v) is 8.25. The van der Waals surface area contributed by atoms with Gasteiger partial charge in [-0.2, -0.15) is 4.99 Å². The molecule has 1 aliphatic heterocycles. The molecule has 0 spiro atoms. The molecule has 2 amide bonds. The molecule has 0 aromatic heterocycles. The summed E-state index contributed by atoms with van der Waals surface area (Å²) in [6.45, 7) is 2.32. The molecule has 1 atom stereocenters. The Bertz CT molecular complexity index is 273. The number of hydrogen-bond acceptors (Lipinski definition) is 3. The molecule has 0 radical (unpaired) electrons. The van der Waals surface area contributed by atoms with Crippen LogP contribution in [0.4, 0.5) is 0 Å². The molecule has 0 fully saturated rings. The molecule has 5 nitrogen and oxygen atoms in total. The van der Waals surface area contributed by atoms with Gasteiger partial charge < -0.3 is 11.1 Å². The summed E-state index contributed by atoms with van der Waals surface area (Å²) in [4.78, 5) is 26.5. The Morgan fingerprint density at radius 3 is 2.71 bits per heavy atom. The summed E-state index contributed by atoms with van der Waals surface area (Å²) in [6, 6.07) is 0. The van der Waals surface area contributed by atoms with E-state index in [4.69, 9.17) is 5.73 Å². The highest BCUT2D eigenvalue weighted by molar-refractivity contribution is 6.15. The third-order valence-corrected chi connectivity index (χ3v) is 2.15. The predicted molar refractivity (Wildman–Crippen MR) is 52.7 cm³/mol. The molecule has 1 aliphatic rings. The average molecular weight is 197 g/mol. The van der Waals surface area contributed by atoms with Crippen molar-refractivity contribution in [1.82, 2.24) is 5.32 Å². The number of nitrogens with zero attached hydrogens (tertiary/aromatic N) is 1. The minimum absolute atomic E-state index is 0.237. The number of carbonyl (C=O) groups is 2. The second kappa shape index (κ2) is 4.85. The van der Waals surface area contributed by atoms with E-state index < -0.39 is 5.92 Å². The van der Waals surface area contributed by atoms with Gasteiger partial charge in [0.1, 0.15) is 11.8 Å². The molecule has 1 unspecified atom stereocenters. The van der Waals surface area contributed by atoms with Crippen molar-refractivity contribution in [3.05, 3.63) is 0 Å². The van der Waals surface area contributed by atoms with E-state index in [1.54, 1.807) is 6.92 Å². The lowest BCUT2D eigenvalue weighted by Crippen LogP contribution is -2.43. The summed E-state index contributed by atoms with van der Waals surface area (Å²) in [5, 5.41) is 2.62. The third-order valence-electron chi connectivity index (χ3n) is 2.15. The molecule has 1 heterocycles. The van der Waals surface area contributed by atoms with Crippen molar-refractivity contribution in [1.29, 1.82) is 0 Å². The molecular formula is C9H15N3O2. The van der Waals surface area contributed by atoms with Crippen LogP contribution in [0.25, 0.3) is 0 Å². The highest BCUT2D eigenvalue weighted by Gasteiger charge is 2.29. The maximum atomic E-state index is 11.4. The number of amides is 2. The Morgan fingerprint density at radius 1 is 1.50 bits per heavy atom. The minimum atomic E-state index is -0.600. The van der Waals surface area contributed by atoms with Crippen LogP contribution in [0, 0.1) is 5.92 Å². The number of rotatable bonds is 4. The first-order valence-electron chi connectivity index (χ1n) is 4.81. The van der Waals surface area contributed by atoms with Gasteiger partial charge in [-0.1, -0.05) is 6.92 Å². The highest BCUT2D eigenvalue weighted by Crippen LogP contribution is 2.10. The molecule has 0 aromatic carbocycles. The van der Waals surface area contributed by atoms with Crippen molar-refractivity contribution in [2.45, 2.75) is 26.2 Å². The summed E-state index contributed by atoms with van der Waals surface area (Å²) in [6.07, 6.45) is 1.78. The van der Waals surface area contributed by atoms with Crippen LogP contribution in [0.5, 0.6) is 0 Å². The van der Waals surface area contributed by atoms with Gasteiger partial charge in [0, 0.05) is 6.42 Å². The maximum absolute atomic E-state index is 11.4. The quantitative estimate of drug-likeness (QED) is 0.612. The number of hydrogen-bond donors (Lipinski definition) is 2. The smallest absolute Gasteiger partial charge is 0.259 e. The summed E-state index contributed by atoms with van der Waals surface area (Å²) in [7, 11) is 0. The molecule has 14 heavy (non-hydrogen) atoms. The number of carbonyl (C=O) groups excluding carboxylic acids is 2. The monoisotopic (exact) mass is 197 g/mol. The van der Waals surface area contributed by atoms with Gasteiger partial charge >= 0.3 is 0 Å². The van der Waals surface area contributed by atoms with E-state index in [9.17, 15) is 9.59 Å². The van der Waals surface area contributed by atoms with E-state index >= 15 is 0 Å². The molecule has 78 valence electrons. The Labute approximate surface area is 82.8 Å². The summed E-state index contributed by atoms with van der Waals surface area (Å²) in [5.74, 6) is -0.713. The summed E-state index contributed by atoms with van der Waals surface area (Å²) < 4.78 is 0. The van der Waals surface area contributed by atoms with Crippen molar-refractivity contribution in [2.75, 3.05) is 6.54 Å². The lowest BCUT2D eigenvalue weighted by molar-refractivity contribution is -0.133. The second-order valence-corrected chi connectivity index (χ2v) is 3.24. The fraction of sp³-hybridized carbons (Fsp3) is 0.667. The molecule has 3 N–H and O–H groups in total. The minimum Gasteiger partial charge on any atom is -0.330 e. The topological polar surface area (TPSA) is 84.6 Å². The largest absolute Gasteiger partial charge is 0.330 e. The molecule has 0 saturated carbocycles. The van der Waals surface area contributed by atoms with E-state index in [2.05, 4.69) is 10.3 Å². The molecule has 0 aliphatic carbocycles. The fourth-order valence-corrected chi connectivity index (χ4v) is 1.33. The number of nitrogens with one attached hydrogen (secondary N) is 1. The van der Waals surface area contributed by atoms with Gasteiger partial charge in [0.2, 0.25) is 5.91 Å². The van der Waals surface area contributed by atoms with Gasteiger partial charge in [-0.05, 0) is 19.4 Å². The van der Waals surface area contributed by atoms with Gasteiger partial charge in [-0.25, -0.2) is 0 Å². The standard InChI is InChI=1S/C9H15N3O2/c1-2-6-8(13)11-7(4-3-5-10)12-9(6)14/h6H,2-5,10H2,1H3,(H,11,12,13,14). The van der Waals surface area contributed by atoms with Crippen molar-refractivity contribution >= 4 is 17.6 Å². The van der Waals surface area contributed by atoms with E-state index in [1.807, 2.05) is 0 Å². The van der Waals surface area contributed by atoms with Gasteiger partial charge in [-0.15, -0.1) is 0 Å². The summed E-state index contributed by atoms with van der Waals surface area (Å²) >= 11 is 0. The maximum Gasteiger partial charge on any atom is 0.259 e. The van der Waals surface area contributed by atoms with Crippen LogP contribution < -0.4 is 11.1 Å². The fourth-order valence-electron chi connectivity index (χ4n) is 1.33. The van der Waals surface area contributed by atoms with E-state index in [1.165, 1.54) is 0 Å². The van der Waals surface area contributed by atoms with Crippen molar-refractivity contribution in [3.63, 3.8) is 0 Å². The van der Waals surface area contributed by atoms with E-state index in [0.29, 0.717) is 25.2 Å². The number of amidine groups is 1. The molecule has 0 bridgehead atoms. The predicted octanol–water partition coefficient (Wildman–Crippen LogP) is -0.194. The molecule has 5 heteroatoms. The SMILES string of the molecule is CCC1C(=O)N=C(CCCN)NC1=O. The molecule has 0 saturated heterocycles. The van der Waals surface area contributed by atoms with Crippen molar-refractivity contribution < 1.29 is 9.59 Å². The van der Waals surface area contributed by atoms with Crippen LogP contribution in [0.3, 0.4) is 0 Å². The van der Waals surface area contributed by atoms with Crippen LogP contribution in [-0.4, -0.2) is 24.2 Å². The zero-order valence-electron chi connectivity index (χ0n) is 8.25. The Balaban J connectivity index is 2.65. The van der Waals surface area contributed by atoms with Crippen molar-refractivity contribution in [3.8, 4) is 0 Å². The Kier molecular flexibility index (Phi) is 3.76. The van der Waals surface area contributed by atoms with E-state index in [0.717, 1.165) is 6.42 Å². The van der Waals surface area contributed by atoms with Crippen LogP contribution >= 0.6 is 0 Å². The van der Waals surface area contributed by atoms with Crippen LogP contribution in [0.1, 0.15) is 26.2 Å². The first kappa shape index (κ1) is 10.8. The third kappa shape index (κ3) is 2.38. The van der Waals surface area contributed by atoms with Crippen LogP contribution in [-0.2, 0) is 9.59 Å². The molecule has 1 rings (SSSR count). The molecular weight excluding hydrogens is 182 g/mol. The second-order valence-electron chi connectivity index (χ2n) is 3.24. The van der Waals surface area contributed by atoms with Crippen molar-refractivity contribution in [2.24, 2.45) is 16.6 Å². The Morgan fingerprint density at radius 2 is 2.21 bits per heavy atom. The lowest BCUT2D eigenvalue weighted by Gasteiger charge is -2.18. The van der Waals surface area contributed by atoms with Gasteiger partial charge in [-0.3, -0.25) is 9.59 Å². The number of aliphatic imine (C=N–C) groups is 1. The highest BCUT2D eigenvalue weighted by atomic mass is 16.2. The van der Waals surface area contributed by atoms with Crippen LogP contribution in [0.15, 0.2) is 4.99 Å². The first-order valence-corrected chi connectivity index (χ1v) is 4.81. The molecule has 0 aromatic rings. The van der Waals surface area contributed by atoms with Gasteiger partial charge in [0.25, 0.3) is 5.91 Å². The lowest BCUT2D eigenvalue weighted by atomic mass is 10.0. The number of nitrogens with two attached hydrogens (primary N) is 1. The van der Waals surface area contributed by atoms with Gasteiger partial charge in [0.15, 0.2) is 0 Å². The van der Waals surface area contributed by atoms with Gasteiger partial charge in [0.05, 0.1) is 0 Å². The zero-order chi connectivity index (χ0) is 10.6. The summed E-state index contributed by atoms with van der Waals surface area (Å²) in [5.41, 5.74) is 5.32. The first-order chi connectivity index (χ1) is 6.69. The normalized spacial score (nSPS) is 21.9. The van der Waals surface area contributed by atoms with Crippen LogP contribution in [0.2, 0.25) is 0 Å². The van der Waals surface area contributed by atoms with E-state index in [-0.39, 0.29) is 11.8 Å². The average Bonchev–Trinajstić information content (AvgIpc) is 2.14.